The second kappa shape index (κ2) is 7.40. The Morgan fingerprint density at radius 3 is 2.86 bits per heavy atom. The molecule has 2 nitrogen and oxygen atoms in total. The van der Waals surface area contributed by atoms with E-state index in [2.05, 4.69) is 17.0 Å². The molecule has 2 atom stereocenters. The summed E-state index contributed by atoms with van der Waals surface area (Å²) in [4.78, 5) is 0. The molecule has 1 aliphatic rings. The van der Waals surface area contributed by atoms with Crippen LogP contribution in [0.3, 0.4) is 0 Å². The van der Waals surface area contributed by atoms with Gasteiger partial charge in [0.05, 0.1) is 0 Å². The highest BCUT2D eigenvalue weighted by Gasteiger charge is 2.32. The fourth-order valence-corrected chi connectivity index (χ4v) is 3.95. The minimum Gasteiger partial charge on any atom is -0.406 e. The van der Waals surface area contributed by atoms with Crippen molar-refractivity contribution in [3.63, 3.8) is 0 Å². The van der Waals surface area contributed by atoms with Crippen molar-refractivity contribution < 1.29 is 17.9 Å². The van der Waals surface area contributed by atoms with Crippen LogP contribution in [0.4, 0.5) is 13.2 Å². The number of hydrogen-bond donors (Lipinski definition) is 1. The summed E-state index contributed by atoms with van der Waals surface area (Å²) < 4.78 is 41.0. The Bertz CT molecular complexity index is 447. The van der Waals surface area contributed by atoms with Crippen molar-refractivity contribution in [3.8, 4) is 5.75 Å². The van der Waals surface area contributed by atoms with Crippen LogP contribution in [-0.4, -0.2) is 23.9 Å². The van der Waals surface area contributed by atoms with Gasteiger partial charge in [-0.05, 0) is 49.3 Å². The van der Waals surface area contributed by atoms with Crippen LogP contribution in [0, 0.1) is 0 Å². The van der Waals surface area contributed by atoms with Gasteiger partial charge in [-0.1, -0.05) is 19.1 Å². The Morgan fingerprint density at radius 1 is 1.43 bits per heavy atom. The van der Waals surface area contributed by atoms with Crippen LogP contribution in [-0.2, 0) is 0 Å². The third kappa shape index (κ3) is 5.11. The normalized spacial score (nSPS) is 20.5. The van der Waals surface area contributed by atoms with Gasteiger partial charge in [0.2, 0.25) is 0 Å². The van der Waals surface area contributed by atoms with Crippen molar-refractivity contribution in [1.82, 2.24) is 5.32 Å². The van der Waals surface area contributed by atoms with E-state index >= 15 is 0 Å². The highest BCUT2D eigenvalue weighted by molar-refractivity contribution is 8.00. The summed E-state index contributed by atoms with van der Waals surface area (Å²) in [6.07, 6.45) is -1.39. The molecule has 1 heterocycles. The zero-order chi connectivity index (χ0) is 15.3. The Balaban J connectivity index is 2.16. The number of alkyl halides is 3. The van der Waals surface area contributed by atoms with Crippen LogP contribution in [0.15, 0.2) is 24.3 Å². The monoisotopic (exact) mass is 319 g/mol. The van der Waals surface area contributed by atoms with E-state index in [1.807, 2.05) is 17.8 Å². The van der Waals surface area contributed by atoms with Crippen molar-refractivity contribution in [2.24, 2.45) is 0 Å². The van der Waals surface area contributed by atoms with Gasteiger partial charge >= 0.3 is 6.36 Å². The van der Waals surface area contributed by atoms with Crippen LogP contribution >= 0.6 is 11.8 Å². The number of hydrogen-bond acceptors (Lipinski definition) is 3. The van der Waals surface area contributed by atoms with Crippen LogP contribution < -0.4 is 10.1 Å². The molecule has 0 spiro atoms. The Hall–Kier alpha value is -0.880. The van der Waals surface area contributed by atoms with E-state index in [1.54, 1.807) is 6.07 Å². The van der Waals surface area contributed by atoms with Gasteiger partial charge in [0.15, 0.2) is 0 Å². The molecule has 2 unspecified atom stereocenters. The van der Waals surface area contributed by atoms with Crippen molar-refractivity contribution in [3.05, 3.63) is 29.8 Å². The fraction of sp³-hybridized carbons (Fsp3) is 0.600. The summed E-state index contributed by atoms with van der Waals surface area (Å²) in [5, 5.41) is 3.87. The minimum absolute atomic E-state index is 0.0780. The van der Waals surface area contributed by atoms with Gasteiger partial charge in [-0.2, -0.15) is 11.8 Å². The Labute approximate surface area is 127 Å². The standard InChI is InChI=1S/C15H20F3NOS/c1-2-8-19-14(13-7-4-9-21-13)11-5-3-6-12(10-11)20-15(16,17)18/h3,5-6,10,13-14,19H,2,4,7-9H2,1H3. The third-order valence-corrected chi connectivity index (χ3v) is 4.86. The van der Waals surface area contributed by atoms with Crippen LogP contribution in [0.1, 0.15) is 37.8 Å². The smallest absolute Gasteiger partial charge is 0.406 e. The van der Waals surface area contributed by atoms with Crippen molar-refractivity contribution in [2.75, 3.05) is 12.3 Å². The van der Waals surface area contributed by atoms with Gasteiger partial charge in [-0.15, -0.1) is 13.2 Å². The van der Waals surface area contributed by atoms with E-state index in [4.69, 9.17) is 0 Å². The lowest BCUT2D eigenvalue weighted by atomic mass is 10.0. The Morgan fingerprint density at radius 2 is 2.24 bits per heavy atom. The molecule has 1 N–H and O–H groups in total. The van der Waals surface area contributed by atoms with E-state index in [9.17, 15) is 13.2 Å². The number of ether oxygens (including phenoxy) is 1. The van der Waals surface area contributed by atoms with Gasteiger partial charge in [0, 0.05) is 11.3 Å². The zero-order valence-corrected chi connectivity index (χ0v) is 12.8. The molecule has 0 bridgehead atoms. The molecule has 1 fully saturated rings. The average Bonchev–Trinajstić information content (AvgIpc) is 2.91. The first-order valence-electron chi connectivity index (χ1n) is 7.20. The number of nitrogens with one attached hydrogen (secondary N) is 1. The highest BCUT2D eigenvalue weighted by atomic mass is 32.2. The first-order valence-corrected chi connectivity index (χ1v) is 8.25. The maximum atomic E-state index is 12.3. The van der Waals surface area contributed by atoms with E-state index in [0.29, 0.717) is 5.25 Å². The van der Waals surface area contributed by atoms with Gasteiger partial charge in [0.1, 0.15) is 5.75 Å². The van der Waals surface area contributed by atoms with E-state index in [1.165, 1.54) is 18.6 Å². The van der Waals surface area contributed by atoms with E-state index < -0.39 is 6.36 Å². The van der Waals surface area contributed by atoms with Gasteiger partial charge in [-0.25, -0.2) is 0 Å². The topological polar surface area (TPSA) is 21.3 Å². The van der Waals surface area contributed by atoms with Crippen molar-refractivity contribution in [2.45, 2.75) is 43.8 Å². The SMILES string of the molecule is CCCNC(c1cccc(OC(F)(F)F)c1)C1CCCS1. The molecule has 0 amide bonds. The average molecular weight is 319 g/mol. The van der Waals surface area contributed by atoms with Crippen LogP contribution in [0.2, 0.25) is 0 Å². The number of rotatable bonds is 6. The second-order valence-corrected chi connectivity index (χ2v) is 6.45. The molecular formula is C15H20F3NOS. The summed E-state index contributed by atoms with van der Waals surface area (Å²) in [5.41, 5.74) is 0.865. The van der Waals surface area contributed by atoms with Crippen LogP contribution in [0.25, 0.3) is 0 Å². The lowest BCUT2D eigenvalue weighted by Crippen LogP contribution is -2.29. The molecule has 118 valence electrons. The van der Waals surface area contributed by atoms with E-state index in [-0.39, 0.29) is 11.8 Å². The predicted octanol–water partition coefficient (Wildman–Crippen LogP) is 4.52. The lowest BCUT2D eigenvalue weighted by molar-refractivity contribution is -0.274. The molecule has 0 aliphatic carbocycles. The third-order valence-electron chi connectivity index (χ3n) is 3.40. The van der Waals surface area contributed by atoms with Crippen LogP contribution in [0.5, 0.6) is 5.75 Å². The molecular weight excluding hydrogens is 299 g/mol. The number of benzene rings is 1. The minimum atomic E-state index is -4.65. The van der Waals surface area contributed by atoms with Crippen molar-refractivity contribution in [1.29, 1.82) is 0 Å². The highest BCUT2D eigenvalue weighted by Crippen LogP contribution is 2.37. The molecule has 0 aromatic heterocycles. The van der Waals surface area contributed by atoms with Crippen molar-refractivity contribution >= 4 is 11.8 Å². The molecule has 0 saturated carbocycles. The molecule has 6 heteroatoms. The van der Waals surface area contributed by atoms with Gasteiger partial charge in [0.25, 0.3) is 0 Å². The second-order valence-electron chi connectivity index (χ2n) is 5.10. The summed E-state index contributed by atoms with van der Waals surface area (Å²) in [7, 11) is 0. The molecule has 2 rings (SSSR count). The molecule has 1 saturated heterocycles. The molecule has 0 radical (unpaired) electrons. The maximum absolute atomic E-state index is 12.3. The predicted molar refractivity (Wildman–Crippen MR) is 79.6 cm³/mol. The van der Waals surface area contributed by atoms with E-state index in [0.717, 1.165) is 30.7 Å². The zero-order valence-electron chi connectivity index (χ0n) is 12.0. The first kappa shape index (κ1) is 16.5. The molecule has 1 aromatic rings. The maximum Gasteiger partial charge on any atom is 0.573 e. The Kier molecular flexibility index (Phi) is 5.81. The first-order chi connectivity index (χ1) is 9.99. The number of thioether (sulfide) groups is 1. The molecule has 21 heavy (non-hydrogen) atoms. The summed E-state index contributed by atoms with van der Waals surface area (Å²) in [6, 6.07) is 6.41. The quantitative estimate of drug-likeness (QED) is 0.833. The fourth-order valence-electron chi connectivity index (χ4n) is 2.53. The van der Waals surface area contributed by atoms with Gasteiger partial charge < -0.3 is 10.1 Å². The summed E-state index contributed by atoms with van der Waals surface area (Å²) >= 11 is 1.89. The summed E-state index contributed by atoms with van der Waals surface area (Å²) in [5.74, 6) is 0.972. The largest absolute Gasteiger partial charge is 0.573 e. The number of halogens is 3. The lowest BCUT2D eigenvalue weighted by Gasteiger charge is -2.25. The summed E-state index contributed by atoms with van der Waals surface area (Å²) in [6.45, 7) is 2.93. The molecule has 1 aliphatic heterocycles. The molecule has 1 aromatic carbocycles. The van der Waals surface area contributed by atoms with Gasteiger partial charge in [-0.3, -0.25) is 0 Å².